The lowest BCUT2D eigenvalue weighted by molar-refractivity contribution is 0.0497. The van der Waals surface area contributed by atoms with Gasteiger partial charge >= 0.3 is 5.97 Å². The summed E-state index contributed by atoms with van der Waals surface area (Å²) < 4.78 is 6.20. The van der Waals surface area contributed by atoms with Gasteiger partial charge in [0.05, 0.1) is 18.3 Å². The summed E-state index contributed by atoms with van der Waals surface area (Å²) in [5, 5.41) is 2.09. The molecule has 0 amide bonds. The number of benzene rings is 1. The summed E-state index contributed by atoms with van der Waals surface area (Å²) in [4.78, 5) is 19.7. The highest BCUT2D eigenvalue weighted by Gasteiger charge is 2.17. The number of esters is 1. The molecule has 0 atom stereocenters. The molecule has 1 N–H and O–H groups in total. The van der Waals surface area contributed by atoms with Crippen LogP contribution in [0.5, 0.6) is 0 Å². The molecule has 0 fully saturated rings. The molecular weight excluding hydrogens is 332 g/mol. The van der Waals surface area contributed by atoms with Crippen molar-refractivity contribution >= 4 is 43.7 Å². The molecule has 0 aliphatic rings. The number of fused-ring (bicyclic) bond motifs is 3. The number of nitrogens with zero attached hydrogens (tertiary/aromatic N) is 1. The van der Waals surface area contributed by atoms with Gasteiger partial charge in [-0.05, 0) is 37.1 Å². The Balaban J connectivity index is 2.21. The molecule has 0 bridgehead atoms. The second-order valence-corrected chi connectivity index (χ2v) is 5.89. The van der Waals surface area contributed by atoms with Crippen molar-refractivity contribution in [2.45, 2.75) is 20.3 Å². The summed E-state index contributed by atoms with van der Waals surface area (Å²) in [5.74, 6) is -0.361. The Morgan fingerprint density at radius 1 is 1.38 bits per heavy atom. The zero-order valence-corrected chi connectivity index (χ0v) is 13.5. The van der Waals surface area contributed by atoms with E-state index in [-0.39, 0.29) is 5.97 Å². The summed E-state index contributed by atoms with van der Waals surface area (Å²) in [5.41, 5.74) is 3.18. The van der Waals surface area contributed by atoms with Crippen LogP contribution < -0.4 is 0 Å². The van der Waals surface area contributed by atoms with Crippen LogP contribution in [-0.2, 0) is 4.74 Å². The zero-order valence-electron chi connectivity index (χ0n) is 11.9. The third kappa shape index (κ3) is 2.42. The first kappa shape index (κ1) is 14.1. The summed E-state index contributed by atoms with van der Waals surface area (Å²) >= 11 is 3.49. The minimum absolute atomic E-state index is 0.361. The molecule has 3 aromatic rings. The largest absolute Gasteiger partial charge is 0.461 e. The van der Waals surface area contributed by atoms with Crippen LogP contribution in [0.2, 0.25) is 0 Å². The molecule has 4 nitrogen and oxygen atoms in total. The highest BCUT2D eigenvalue weighted by atomic mass is 79.9. The number of pyridine rings is 1. The minimum Gasteiger partial charge on any atom is -0.461 e. The Morgan fingerprint density at radius 2 is 2.19 bits per heavy atom. The van der Waals surface area contributed by atoms with Crippen LogP contribution in [-0.4, -0.2) is 22.5 Å². The number of ether oxygens (including phenoxy) is 1. The fourth-order valence-electron chi connectivity index (χ4n) is 2.50. The number of hydrogen-bond donors (Lipinski definition) is 1. The molecule has 1 aromatic carbocycles. The molecule has 108 valence electrons. The number of aryl methyl sites for hydroxylation is 1. The fraction of sp³-hybridized carbons (Fsp3) is 0.250. The van der Waals surface area contributed by atoms with Gasteiger partial charge in [0.2, 0.25) is 0 Å². The number of halogens is 1. The van der Waals surface area contributed by atoms with Gasteiger partial charge in [0, 0.05) is 20.8 Å². The van der Waals surface area contributed by atoms with Crippen molar-refractivity contribution in [2.75, 3.05) is 6.61 Å². The predicted octanol–water partition coefficient (Wildman–Crippen LogP) is 4.35. The number of nitrogens with one attached hydrogen (secondary N) is 1. The van der Waals surface area contributed by atoms with Crippen molar-refractivity contribution in [3.63, 3.8) is 0 Å². The number of H-pyrrole nitrogens is 1. The van der Waals surface area contributed by atoms with Crippen LogP contribution in [0.15, 0.2) is 28.9 Å². The smallest absolute Gasteiger partial charge is 0.357 e. The van der Waals surface area contributed by atoms with Crippen molar-refractivity contribution < 1.29 is 9.53 Å². The average Bonchev–Trinajstić information content (AvgIpc) is 2.83. The average molecular weight is 347 g/mol. The quantitative estimate of drug-likeness (QED) is 0.717. The zero-order chi connectivity index (χ0) is 15.0. The van der Waals surface area contributed by atoms with Gasteiger partial charge < -0.3 is 9.72 Å². The molecular formula is C16H15BrN2O2. The molecule has 0 radical (unpaired) electrons. The normalized spacial score (nSPS) is 11.2. The minimum atomic E-state index is -0.361. The topological polar surface area (TPSA) is 55.0 Å². The molecule has 0 aliphatic heterocycles. The van der Waals surface area contributed by atoms with E-state index in [0.717, 1.165) is 38.3 Å². The predicted molar refractivity (Wildman–Crippen MR) is 86.6 cm³/mol. The lowest BCUT2D eigenvalue weighted by Gasteiger charge is -2.06. The highest BCUT2D eigenvalue weighted by Crippen LogP contribution is 2.31. The van der Waals surface area contributed by atoms with Crippen LogP contribution in [0.3, 0.4) is 0 Å². The maximum absolute atomic E-state index is 12.1. The van der Waals surface area contributed by atoms with Crippen molar-refractivity contribution in [2.24, 2.45) is 0 Å². The standard InChI is InChI=1S/C16H15BrN2O2/c1-3-6-21-16(20)15-9(2)14-11-7-10(17)4-5-12(11)19-13(14)8-18-15/h4-5,7-8,19H,3,6H2,1-2H3. The molecule has 2 heterocycles. The number of rotatable bonds is 3. The van der Waals surface area contributed by atoms with Crippen molar-refractivity contribution in [3.05, 3.63) is 40.1 Å². The van der Waals surface area contributed by atoms with Gasteiger partial charge in [0.25, 0.3) is 0 Å². The van der Waals surface area contributed by atoms with Crippen molar-refractivity contribution in [1.82, 2.24) is 9.97 Å². The first-order valence-corrected chi connectivity index (χ1v) is 7.64. The molecule has 5 heteroatoms. The Kier molecular flexibility index (Phi) is 3.68. The Hall–Kier alpha value is -1.88. The van der Waals surface area contributed by atoms with Crippen LogP contribution in [0.1, 0.15) is 29.4 Å². The summed E-state index contributed by atoms with van der Waals surface area (Å²) in [6.07, 6.45) is 2.49. The lowest BCUT2D eigenvalue weighted by Crippen LogP contribution is -2.10. The van der Waals surface area contributed by atoms with E-state index in [1.165, 1.54) is 0 Å². The third-order valence-corrected chi connectivity index (χ3v) is 3.97. The van der Waals surface area contributed by atoms with E-state index >= 15 is 0 Å². The SMILES string of the molecule is CCCOC(=O)c1ncc2[nH]c3ccc(Br)cc3c2c1C. The van der Waals surface area contributed by atoms with E-state index in [1.807, 2.05) is 32.0 Å². The molecule has 0 unspecified atom stereocenters. The van der Waals surface area contributed by atoms with Gasteiger partial charge in [-0.25, -0.2) is 9.78 Å². The summed E-state index contributed by atoms with van der Waals surface area (Å²) in [6, 6.07) is 6.03. The summed E-state index contributed by atoms with van der Waals surface area (Å²) in [6.45, 7) is 4.29. The number of aromatic nitrogens is 2. The lowest BCUT2D eigenvalue weighted by atomic mass is 10.1. The Labute approximate surface area is 130 Å². The van der Waals surface area contributed by atoms with Crippen LogP contribution in [0.25, 0.3) is 21.8 Å². The van der Waals surface area contributed by atoms with Crippen LogP contribution >= 0.6 is 15.9 Å². The van der Waals surface area contributed by atoms with Crippen molar-refractivity contribution in [3.8, 4) is 0 Å². The van der Waals surface area contributed by atoms with E-state index in [4.69, 9.17) is 4.74 Å². The van der Waals surface area contributed by atoms with Gasteiger partial charge in [-0.3, -0.25) is 0 Å². The molecule has 0 saturated heterocycles. The van der Waals surface area contributed by atoms with E-state index in [1.54, 1.807) is 6.20 Å². The maximum atomic E-state index is 12.1. The number of carbonyl (C=O) groups is 1. The monoisotopic (exact) mass is 346 g/mol. The van der Waals surface area contributed by atoms with Gasteiger partial charge in [-0.15, -0.1) is 0 Å². The van der Waals surface area contributed by atoms with Crippen molar-refractivity contribution in [1.29, 1.82) is 0 Å². The van der Waals surface area contributed by atoms with Crippen LogP contribution in [0.4, 0.5) is 0 Å². The van der Waals surface area contributed by atoms with Gasteiger partial charge in [0.1, 0.15) is 0 Å². The maximum Gasteiger partial charge on any atom is 0.357 e. The van der Waals surface area contributed by atoms with Gasteiger partial charge in [-0.2, -0.15) is 0 Å². The molecule has 0 aliphatic carbocycles. The second kappa shape index (κ2) is 5.48. The number of aromatic amines is 1. The molecule has 0 spiro atoms. The van der Waals surface area contributed by atoms with E-state index in [0.29, 0.717) is 12.3 Å². The third-order valence-electron chi connectivity index (χ3n) is 3.47. The number of hydrogen-bond acceptors (Lipinski definition) is 3. The fourth-order valence-corrected chi connectivity index (χ4v) is 2.86. The Morgan fingerprint density at radius 3 is 2.95 bits per heavy atom. The van der Waals surface area contributed by atoms with Gasteiger partial charge in [0.15, 0.2) is 5.69 Å². The molecule has 3 rings (SSSR count). The first-order valence-electron chi connectivity index (χ1n) is 6.85. The summed E-state index contributed by atoms with van der Waals surface area (Å²) in [7, 11) is 0. The van der Waals surface area contributed by atoms with Crippen LogP contribution in [0, 0.1) is 6.92 Å². The highest BCUT2D eigenvalue weighted by molar-refractivity contribution is 9.10. The van der Waals surface area contributed by atoms with Gasteiger partial charge in [-0.1, -0.05) is 22.9 Å². The first-order chi connectivity index (χ1) is 10.1. The number of carbonyl (C=O) groups excluding carboxylic acids is 1. The molecule has 2 aromatic heterocycles. The van der Waals surface area contributed by atoms with E-state index in [2.05, 4.69) is 25.9 Å². The second-order valence-electron chi connectivity index (χ2n) is 4.97. The molecule has 21 heavy (non-hydrogen) atoms. The van der Waals surface area contributed by atoms with E-state index in [9.17, 15) is 4.79 Å². The molecule has 0 saturated carbocycles. The Bertz CT molecular complexity index is 839. The van der Waals surface area contributed by atoms with E-state index < -0.39 is 0 Å².